The molecule has 0 unspecified atom stereocenters. The molecule has 1 saturated heterocycles. The third kappa shape index (κ3) is 6.02. The highest BCUT2D eigenvalue weighted by atomic mass is 127. The largest absolute Gasteiger partial charge is 0.357 e. The summed E-state index contributed by atoms with van der Waals surface area (Å²) < 4.78 is 0. The maximum Gasteiger partial charge on any atom is 0.271 e. The molecular formula is C19H31IN6O. The van der Waals surface area contributed by atoms with Crippen LogP contribution in [0.4, 0.5) is 0 Å². The number of aromatic nitrogens is 2. The molecule has 0 atom stereocenters. The first-order valence-corrected chi connectivity index (χ1v) is 9.80. The highest BCUT2D eigenvalue weighted by Gasteiger charge is 2.39. The molecule has 2 N–H and O–H groups in total. The molecule has 0 bridgehead atoms. The van der Waals surface area contributed by atoms with Crippen LogP contribution in [0.2, 0.25) is 0 Å². The Morgan fingerprint density at radius 3 is 2.74 bits per heavy atom. The van der Waals surface area contributed by atoms with E-state index in [1.807, 2.05) is 0 Å². The molecule has 150 valence electrons. The fourth-order valence-corrected chi connectivity index (χ4v) is 4.09. The Hall–Kier alpha value is -1.45. The van der Waals surface area contributed by atoms with Gasteiger partial charge in [0, 0.05) is 38.6 Å². The number of nitrogens with one attached hydrogen (secondary N) is 2. The predicted molar refractivity (Wildman–Crippen MR) is 117 cm³/mol. The van der Waals surface area contributed by atoms with E-state index >= 15 is 0 Å². The van der Waals surface area contributed by atoms with Crippen LogP contribution in [0.5, 0.6) is 0 Å². The maximum atomic E-state index is 12.0. The van der Waals surface area contributed by atoms with Gasteiger partial charge in [-0.2, -0.15) is 0 Å². The second kappa shape index (κ2) is 10.8. The summed E-state index contributed by atoms with van der Waals surface area (Å²) in [5, 5.41) is 6.26. The minimum atomic E-state index is -0.208. The quantitative estimate of drug-likeness (QED) is 0.289. The Morgan fingerprint density at radius 2 is 2.04 bits per heavy atom. The van der Waals surface area contributed by atoms with Crippen molar-refractivity contribution < 1.29 is 4.79 Å². The van der Waals surface area contributed by atoms with Gasteiger partial charge >= 0.3 is 0 Å². The van der Waals surface area contributed by atoms with Gasteiger partial charge in [-0.05, 0) is 31.6 Å². The molecule has 27 heavy (non-hydrogen) atoms. The third-order valence-corrected chi connectivity index (χ3v) is 5.44. The van der Waals surface area contributed by atoms with Crippen LogP contribution in [-0.2, 0) is 0 Å². The summed E-state index contributed by atoms with van der Waals surface area (Å²) in [4.78, 5) is 27.0. The highest BCUT2D eigenvalue weighted by Crippen LogP contribution is 2.43. The van der Waals surface area contributed by atoms with Crippen molar-refractivity contribution >= 4 is 35.8 Å². The molecule has 2 heterocycles. The molecule has 1 saturated carbocycles. The van der Waals surface area contributed by atoms with E-state index in [-0.39, 0.29) is 29.9 Å². The van der Waals surface area contributed by atoms with Gasteiger partial charge in [0.15, 0.2) is 5.96 Å². The van der Waals surface area contributed by atoms with E-state index in [1.165, 1.54) is 50.9 Å². The molecule has 2 aliphatic rings. The first-order valence-electron chi connectivity index (χ1n) is 9.80. The summed E-state index contributed by atoms with van der Waals surface area (Å²) in [6.07, 6.45) is 12.7. The first-order chi connectivity index (χ1) is 12.7. The number of carbonyl (C=O) groups excluding carboxylic acids is 1. The highest BCUT2D eigenvalue weighted by molar-refractivity contribution is 14.0. The molecule has 1 aromatic rings. The molecule has 1 amide bonds. The van der Waals surface area contributed by atoms with Gasteiger partial charge in [0.05, 0.1) is 12.7 Å². The second-order valence-corrected chi connectivity index (χ2v) is 7.31. The Labute approximate surface area is 178 Å². The molecule has 2 fully saturated rings. The fraction of sp³-hybridized carbons (Fsp3) is 0.684. The van der Waals surface area contributed by atoms with Gasteiger partial charge in [-0.3, -0.25) is 14.8 Å². The van der Waals surface area contributed by atoms with E-state index in [1.54, 1.807) is 6.20 Å². The smallest absolute Gasteiger partial charge is 0.271 e. The van der Waals surface area contributed by atoms with Crippen molar-refractivity contribution in [1.82, 2.24) is 25.5 Å². The van der Waals surface area contributed by atoms with E-state index in [2.05, 4.69) is 32.4 Å². The number of amides is 1. The van der Waals surface area contributed by atoms with E-state index in [0.717, 1.165) is 25.6 Å². The first kappa shape index (κ1) is 21.8. The van der Waals surface area contributed by atoms with Crippen LogP contribution in [0.15, 0.2) is 23.6 Å². The number of likely N-dealkylation sites (tertiary alicyclic amines) is 1. The lowest BCUT2D eigenvalue weighted by atomic mass is 9.73. The second-order valence-electron chi connectivity index (χ2n) is 7.31. The Kier molecular flexibility index (Phi) is 8.72. The average molecular weight is 486 g/mol. The number of nitrogens with zero attached hydrogens (tertiary/aromatic N) is 4. The van der Waals surface area contributed by atoms with Gasteiger partial charge in [-0.25, -0.2) is 4.98 Å². The standard InChI is InChI=1S/C19H30N6O.HI/c1-2-21-18(25-13-8-19(15-25)6-4-3-5-7-19)24-12-11-23-17(26)16-14-20-9-10-22-16;/h9-10,14H,2-8,11-13,15H2,1H3,(H,21,24)(H,23,26);1H. The molecule has 1 aromatic heterocycles. The molecule has 0 radical (unpaired) electrons. The zero-order valence-corrected chi connectivity index (χ0v) is 18.4. The molecular weight excluding hydrogens is 455 g/mol. The van der Waals surface area contributed by atoms with Crippen LogP contribution < -0.4 is 10.6 Å². The summed E-state index contributed by atoms with van der Waals surface area (Å²) in [7, 11) is 0. The van der Waals surface area contributed by atoms with Crippen molar-refractivity contribution in [2.75, 3.05) is 32.7 Å². The molecule has 1 aliphatic carbocycles. The SMILES string of the molecule is CCNC(=NCCNC(=O)c1cnccn1)N1CCC2(CCCCC2)C1.I. The van der Waals surface area contributed by atoms with E-state index in [4.69, 9.17) is 4.99 Å². The van der Waals surface area contributed by atoms with Gasteiger partial charge in [0.25, 0.3) is 5.91 Å². The average Bonchev–Trinajstić information content (AvgIpc) is 3.08. The number of rotatable bonds is 5. The van der Waals surface area contributed by atoms with E-state index < -0.39 is 0 Å². The number of halogens is 1. The molecule has 3 rings (SSSR count). The summed E-state index contributed by atoms with van der Waals surface area (Å²) in [5.41, 5.74) is 0.844. The van der Waals surface area contributed by atoms with Crippen LogP contribution in [0.25, 0.3) is 0 Å². The van der Waals surface area contributed by atoms with Gasteiger partial charge in [-0.15, -0.1) is 24.0 Å². The number of carbonyl (C=O) groups is 1. The van der Waals surface area contributed by atoms with E-state index in [0.29, 0.717) is 24.2 Å². The minimum absolute atomic E-state index is 0. The Balaban J connectivity index is 0.00000261. The van der Waals surface area contributed by atoms with Crippen LogP contribution >= 0.6 is 24.0 Å². The predicted octanol–water partition coefficient (Wildman–Crippen LogP) is 2.45. The molecule has 0 aromatic carbocycles. The number of guanidine groups is 1. The van der Waals surface area contributed by atoms with Gasteiger partial charge in [0.2, 0.25) is 0 Å². The molecule has 1 aliphatic heterocycles. The number of hydrogen-bond donors (Lipinski definition) is 2. The summed E-state index contributed by atoms with van der Waals surface area (Å²) >= 11 is 0. The maximum absolute atomic E-state index is 12.0. The van der Waals surface area contributed by atoms with Gasteiger partial charge in [-0.1, -0.05) is 19.3 Å². The molecule has 7 nitrogen and oxygen atoms in total. The minimum Gasteiger partial charge on any atom is -0.357 e. The lowest BCUT2D eigenvalue weighted by Gasteiger charge is -2.33. The summed E-state index contributed by atoms with van der Waals surface area (Å²) in [6.45, 7) is 6.19. The van der Waals surface area contributed by atoms with Crippen LogP contribution in [0.3, 0.4) is 0 Å². The number of aliphatic imine (C=N–C) groups is 1. The molecule has 1 spiro atoms. The van der Waals surface area contributed by atoms with Gasteiger partial charge < -0.3 is 15.5 Å². The number of hydrogen-bond acceptors (Lipinski definition) is 4. The topological polar surface area (TPSA) is 82.5 Å². The van der Waals surface area contributed by atoms with Crippen molar-refractivity contribution in [2.24, 2.45) is 10.4 Å². The zero-order chi connectivity index (χ0) is 18.2. The van der Waals surface area contributed by atoms with E-state index in [9.17, 15) is 4.79 Å². The Morgan fingerprint density at radius 1 is 1.22 bits per heavy atom. The summed E-state index contributed by atoms with van der Waals surface area (Å²) in [6, 6.07) is 0. The van der Waals surface area contributed by atoms with Crippen molar-refractivity contribution in [3.05, 3.63) is 24.3 Å². The van der Waals surface area contributed by atoms with Crippen molar-refractivity contribution in [2.45, 2.75) is 45.4 Å². The zero-order valence-electron chi connectivity index (χ0n) is 16.1. The lowest BCUT2D eigenvalue weighted by Crippen LogP contribution is -2.42. The molecule has 8 heteroatoms. The van der Waals surface area contributed by atoms with Crippen molar-refractivity contribution in [3.8, 4) is 0 Å². The van der Waals surface area contributed by atoms with Crippen LogP contribution in [0, 0.1) is 5.41 Å². The fourth-order valence-electron chi connectivity index (χ4n) is 4.09. The van der Waals surface area contributed by atoms with Crippen LogP contribution in [-0.4, -0.2) is 59.5 Å². The van der Waals surface area contributed by atoms with Gasteiger partial charge in [0.1, 0.15) is 5.69 Å². The Bertz CT molecular complexity index is 618. The van der Waals surface area contributed by atoms with Crippen molar-refractivity contribution in [1.29, 1.82) is 0 Å². The summed E-state index contributed by atoms with van der Waals surface area (Å²) in [5.74, 6) is 0.768. The lowest BCUT2D eigenvalue weighted by molar-refractivity contribution is 0.0949. The monoisotopic (exact) mass is 486 g/mol. The van der Waals surface area contributed by atoms with Crippen molar-refractivity contribution in [3.63, 3.8) is 0 Å². The normalized spacial score (nSPS) is 18.9. The van der Waals surface area contributed by atoms with Crippen LogP contribution in [0.1, 0.15) is 55.9 Å². The third-order valence-electron chi connectivity index (χ3n) is 5.44.